The first-order chi connectivity index (χ1) is 16.5. The van der Waals surface area contributed by atoms with Gasteiger partial charge in [0.15, 0.2) is 5.79 Å². The van der Waals surface area contributed by atoms with Crippen molar-refractivity contribution in [2.24, 2.45) is 22.7 Å². The molecule has 4 aliphatic rings. The predicted molar refractivity (Wildman–Crippen MR) is 135 cm³/mol. The first kappa shape index (κ1) is 25.0. The van der Waals surface area contributed by atoms with E-state index in [1.807, 2.05) is 19.9 Å². The lowest BCUT2D eigenvalue weighted by Gasteiger charge is -2.63. The van der Waals surface area contributed by atoms with Gasteiger partial charge >= 0.3 is 5.97 Å². The lowest BCUT2D eigenvalue weighted by molar-refractivity contribution is -0.344. The first-order valence-electron chi connectivity index (χ1n) is 12.8. The summed E-state index contributed by atoms with van der Waals surface area (Å²) in [5, 5.41) is -0.0731. The standard InChI is InChI=1S/C29H37FO4S/c1-18-6-11-24-28(4,14-12-25-29(24,5)17-33-27(2,3)34-25)22(18)16-23(21-13-15-32-26(21)31)35-20-9-7-19(30)8-10-20/h7-10,13,22-25H,1,6,11-12,14-17H2,2-5H3/t22-,23?,24+,25-,28+,29+/m1/s1. The molecule has 1 unspecified atom stereocenters. The van der Waals surface area contributed by atoms with Gasteiger partial charge in [-0.1, -0.05) is 26.0 Å². The molecule has 0 radical (unpaired) electrons. The van der Waals surface area contributed by atoms with E-state index in [1.165, 1.54) is 17.7 Å². The third-order valence-corrected chi connectivity index (χ3v) is 10.4. The fourth-order valence-electron chi connectivity index (χ4n) is 7.27. The minimum Gasteiger partial charge on any atom is -0.458 e. The van der Waals surface area contributed by atoms with Crippen LogP contribution in [0.15, 0.2) is 53.0 Å². The average molecular weight is 501 g/mol. The maximum absolute atomic E-state index is 13.5. The number of carbonyl (C=O) groups excluding carboxylic acids is 1. The van der Waals surface area contributed by atoms with Gasteiger partial charge in [0.05, 0.1) is 12.7 Å². The van der Waals surface area contributed by atoms with Crippen LogP contribution in [0.5, 0.6) is 0 Å². The number of esters is 1. The average Bonchev–Trinajstić information content (AvgIpc) is 3.23. The lowest BCUT2D eigenvalue weighted by atomic mass is 9.46. The van der Waals surface area contributed by atoms with Crippen molar-refractivity contribution in [3.63, 3.8) is 0 Å². The third kappa shape index (κ3) is 4.51. The van der Waals surface area contributed by atoms with Crippen molar-refractivity contribution in [1.82, 2.24) is 0 Å². The topological polar surface area (TPSA) is 44.8 Å². The molecule has 0 aromatic heterocycles. The van der Waals surface area contributed by atoms with Crippen LogP contribution in [0.4, 0.5) is 4.39 Å². The molecular formula is C29H37FO4S. The van der Waals surface area contributed by atoms with Gasteiger partial charge in [-0.2, -0.15) is 0 Å². The minimum absolute atomic E-state index is 0.0411. The Morgan fingerprint density at radius 1 is 1.14 bits per heavy atom. The highest BCUT2D eigenvalue weighted by atomic mass is 32.2. The van der Waals surface area contributed by atoms with Gasteiger partial charge in [0.25, 0.3) is 0 Å². The summed E-state index contributed by atoms with van der Waals surface area (Å²) >= 11 is 1.63. The molecule has 5 rings (SSSR count). The van der Waals surface area contributed by atoms with E-state index >= 15 is 0 Å². The number of thioether (sulfide) groups is 1. The molecule has 0 bridgehead atoms. The zero-order chi connectivity index (χ0) is 25.0. The highest BCUT2D eigenvalue weighted by Crippen LogP contribution is 2.64. The summed E-state index contributed by atoms with van der Waals surface area (Å²) in [6.07, 6.45) is 7.05. The number of benzene rings is 1. The van der Waals surface area contributed by atoms with E-state index in [9.17, 15) is 9.18 Å². The third-order valence-electron chi connectivity index (χ3n) is 9.11. The summed E-state index contributed by atoms with van der Waals surface area (Å²) in [6.45, 7) is 14.4. The van der Waals surface area contributed by atoms with Crippen LogP contribution in [0, 0.1) is 28.5 Å². The second-order valence-corrected chi connectivity index (χ2v) is 13.0. The number of halogens is 1. The first-order valence-corrected chi connectivity index (χ1v) is 13.7. The number of rotatable bonds is 5. The molecule has 2 aliphatic carbocycles. The van der Waals surface area contributed by atoms with Gasteiger partial charge in [0.2, 0.25) is 0 Å². The Bertz CT molecular complexity index is 1030. The number of hydrogen-bond acceptors (Lipinski definition) is 5. The Labute approximate surface area is 212 Å². The molecule has 2 saturated carbocycles. The van der Waals surface area contributed by atoms with Crippen LogP contribution in [-0.4, -0.2) is 36.3 Å². The number of cyclic esters (lactones) is 1. The van der Waals surface area contributed by atoms with E-state index in [4.69, 9.17) is 14.2 Å². The molecular weight excluding hydrogens is 463 g/mol. The van der Waals surface area contributed by atoms with E-state index in [1.54, 1.807) is 23.9 Å². The summed E-state index contributed by atoms with van der Waals surface area (Å²) in [6, 6.07) is 6.53. The Balaban J connectivity index is 1.44. The van der Waals surface area contributed by atoms with Crippen molar-refractivity contribution in [3.05, 3.63) is 53.9 Å². The van der Waals surface area contributed by atoms with Crippen LogP contribution < -0.4 is 0 Å². The predicted octanol–water partition coefficient (Wildman–Crippen LogP) is 6.70. The molecule has 1 aromatic carbocycles. The number of fused-ring (bicyclic) bond motifs is 3. The van der Waals surface area contributed by atoms with Gasteiger partial charge in [0, 0.05) is 21.1 Å². The zero-order valence-electron chi connectivity index (χ0n) is 21.3. The fraction of sp³-hybridized carbons (Fsp3) is 0.621. The summed E-state index contributed by atoms with van der Waals surface area (Å²) in [5.41, 5.74) is 2.00. The number of ether oxygens (including phenoxy) is 3. The monoisotopic (exact) mass is 500 g/mol. The van der Waals surface area contributed by atoms with Crippen LogP contribution in [0.1, 0.15) is 59.8 Å². The highest BCUT2D eigenvalue weighted by molar-refractivity contribution is 8.00. The van der Waals surface area contributed by atoms with Crippen LogP contribution in [-0.2, 0) is 19.0 Å². The Kier molecular flexibility index (Phi) is 6.46. The van der Waals surface area contributed by atoms with Gasteiger partial charge in [-0.15, -0.1) is 11.8 Å². The van der Waals surface area contributed by atoms with E-state index in [0.717, 1.165) is 42.6 Å². The molecule has 2 aliphatic heterocycles. The fourth-order valence-corrected chi connectivity index (χ4v) is 8.50. The molecule has 4 nitrogen and oxygen atoms in total. The molecule has 0 amide bonds. The van der Waals surface area contributed by atoms with Crippen LogP contribution >= 0.6 is 11.8 Å². The maximum atomic E-state index is 13.5. The smallest absolute Gasteiger partial charge is 0.335 e. The molecule has 35 heavy (non-hydrogen) atoms. The van der Waals surface area contributed by atoms with E-state index in [-0.39, 0.29) is 39.9 Å². The Morgan fingerprint density at radius 3 is 2.57 bits per heavy atom. The maximum Gasteiger partial charge on any atom is 0.335 e. The summed E-state index contributed by atoms with van der Waals surface area (Å²) in [4.78, 5) is 13.6. The molecule has 6 heteroatoms. The Hall–Kier alpha value is -1.63. The minimum atomic E-state index is -0.540. The van der Waals surface area contributed by atoms with Crippen molar-refractivity contribution < 1.29 is 23.4 Å². The zero-order valence-corrected chi connectivity index (χ0v) is 22.1. The van der Waals surface area contributed by atoms with Crippen molar-refractivity contribution in [2.45, 2.75) is 81.8 Å². The van der Waals surface area contributed by atoms with E-state index < -0.39 is 5.79 Å². The molecule has 6 atom stereocenters. The summed E-state index contributed by atoms with van der Waals surface area (Å²) in [7, 11) is 0. The molecule has 3 fully saturated rings. The largest absolute Gasteiger partial charge is 0.458 e. The van der Waals surface area contributed by atoms with Crippen molar-refractivity contribution in [2.75, 3.05) is 13.2 Å². The van der Waals surface area contributed by atoms with Gasteiger partial charge in [-0.25, -0.2) is 9.18 Å². The van der Waals surface area contributed by atoms with Gasteiger partial charge < -0.3 is 14.2 Å². The number of allylic oxidation sites excluding steroid dienone is 1. The number of hydrogen-bond donors (Lipinski definition) is 0. The lowest BCUT2D eigenvalue weighted by Crippen LogP contribution is -2.63. The van der Waals surface area contributed by atoms with Gasteiger partial charge in [0.1, 0.15) is 12.4 Å². The Morgan fingerprint density at radius 2 is 1.89 bits per heavy atom. The van der Waals surface area contributed by atoms with Crippen LogP contribution in [0.25, 0.3) is 0 Å². The normalized spacial score (nSPS) is 37.2. The SMILES string of the molecule is C=C1CC[C@@H]2[C@]3(C)COC(C)(C)O[C@@H]3CC[C@@]2(C)[C@@H]1CC(Sc1ccc(F)cc1)C1=CCOC1=O. The van der Waals surface area contributed by atoms with Crippen molar-refractivity contribution >= 4 is 17.7 Å². The van der Waals surface area contributed by atoms with E-state index in [0.29, 0.717) is 19.1 Å². The quantitative estimate of drug-likeness (QED) is 0.256. The second kappa shape index (κ2) is 9.04. The highest BCUT2D eigenvalue weighted by Gasteiger charge is 2.61. The summed E-state index contributed by atoms with van der Waals surface area (Å²) < 4.78 is 31.5. The summed E-state index contributed by atoms with van der Waals surface area (Å²) in [5.74, 6) is -0.323. The van der Waals surface area contributed by atoms with E-state index in [2.05, 4.69) is 20.4 Å². The van der Waals surface area contributed by atoms with Crippen molar-refractivity contribution in [1.29, 1.82) is 0 Å². The number of carbonyl (C=O) groups is 1. The molecule has 1 aromatic rings. The van der Waals surface area contributed by atoms with Gasteiger partial charge in [-0.05, 0) is 93.5 Å². The van der Waals surface area contributed by atoms with Crippen LogP contribution in [0.2, 0.25) is 0 Å². The molecule has 1 saturated heterocycles. The van der Waals surface area contributed by atoms with Crippen molar-refractivity contribution in [3.8, 4) is 0 Å². The molecule has 0 N–H and O–H groups in total. The molecule has 0 spiro atoms. The van der Waals surface area contributed by atoms with Crippen LogP contribution in [0.3, 0.4) is 0 Å². The van der Waals surface area contributed by atoms with Gasteiger partial charge in [-0.3, -0.25) is 0 Å². The molecule has 2 heterocycles. The second-order valence-electron chi connectivity index (χ2n) is 11.7. The molecule has 190 valence electrons.